The van der Waals surface area contributed by atoms with Crippen LogP contribution < -0.4 is 5.32 Å². The molecule has 0 spiro atoms. The van der Waals surface area contributed by atoms with Crippen LogP contribution in [0.2, 0.25) is 0 Å². The Morgan fingerprint density at radius 1 is 0.975 bits per heavy atom. The number of methoxy groups -OCH3 is 1. The van der Waals surface area contributed by atoms with E-state index in [4.69, 9.17) is 14.2 Å². The monoisotopic (exact) mass is 544 g/mol. The van der Waals surface area contributed by atoms with Crippen LogP contribution in [0.3, 0.4) is 0 Å². The summed E-state index contributed by atoms with van der Waals surface area (Å²) >= 11 is 0. The predicted molar refractivity (Wildman–Crippen MR) is 153 cm³/mol. The summed E-state index contributed by atoms with van der Waals surface area (Å²) in [5, 5.41) is 12.5. The van der Waals surface area contributed by atoms with E-state index in [0.29, 0.717) is 18.2 Å². The van der Waals surface area contributed by atoms with Gasteiger partial charge in [0, 0.05) is 43.3 Å². The summed E-state index contributed by atoms with van der Waals surface area (Å²) in [7, 11) is 1.77. The topological polar surface area (TPSA) is 80.3 Å². The second-order valence-electron chi connectivity index (χ2n) is 10.9. The van der Waals surface area contributed by atoms with Gasteiger partial charge in [-0.3, -0.25) is 9.69 Å². The van der Waals surface area contributed by atoms with Crippen LogP contribution >= 0.6 is 0 Å². The van der Waals surface area contributed by atoms with Gasteiger partial charge in [-0.1, -0.05) is 73.7 Å². The molecule has 0 bridgehead atoms. The molecule has 5 rings (SSSR count). The number of rotatable bonds is 10. The van der Waals surface area contributed by atoms with Crippen molar-refractivity contribution >= 4 is 5.91 Å². The maximum absolute atomic E-state index is 12.4. The summed E-state index contributed by atoms with van der Waals surface area (Å²) < 4.78 is 18.8. The number of nitrogens with one attached hydrogen (secondary N) is 1. The Morgan fingerprint density at radius 3 is 2.38 bits per heavy atom. The SMILES string of the molecule is COCC1CCCN1CC1OC(c2ccc(CNC(=O)c3ccccc3)cc2)OC(c2ccc(CO)cc2)C1C. The number of carbonyl (C=O) groups is 1. The minimum atomic E-state index is -0.514. The third kappa shape index (κ3) is 6.79. The van der Waals surface area contributed by atoms with Crippen molar-refractivity contribution in [3.05, 3.63) is 107 Å². The Labute approximate surface area is 237 Å². The number of ether oxygens (including phenoxy) is 3. The van der Waals surface area contributed by atoms with Gasteiger partial charge in [0.2, 0.25) is 0 Å². The van der Waals surface area contributed by atoms with E-state index in [0.717, 1.165) is 48.4 Å². The first-order valence-corrected chi connectivity index (χ1v) is 14.2. The van der Waals surface area contributed by atoms with Crippen LogP contribution in [-0.2, 0) is 27.4 Å². The van der Waals surface area contributed by atoms with Gasteiger partial charge in [-0.2, -0.15) is 0 Å². The van der Waals surface area contributed by atoms with Gasteiger partial charge < -0.3 is 24.6 Å². The molecule has 212 valence electrons. The molecule has 2 saturated heterocycles. The van der Waals surface area contributed by atoms with Gasteiger partial charge in [0.05, 0.1) is 25.4 Å². The Hall–Kier alpha value is -3.07. The molecule has 0 aliphatic carbocycles. The fourth-order valence-electron chi connectivity index (χ4n) is 5.74. The third-order valence-electron chi connectivity index (χ3n) is 8.14. The van der Waals surface area contributed by atoms with Gasteiger partial charge in [-0.25, -0.2) is 0 Å². The highest BCUT2D eigenvalue weighted by Crippen LogP contribution is 2.42. The van der Waals surface area contributed by atoms with Crippen molar-refractivity contribution in [1.82, 2.24) is 10.2 Å². The highest BCUT2D eigenvalue weighted by molar-refractivity contribution is 5.94. The first-order valence-electron chi connectivity index (χ1n) is 14.2. The molecule has 0 radical (unpaired) electrons. The van der Waals surface area contributed by atoms with E-state index >= 15 is 0 Å². The molecule has 7 nitrogen and oxygen atoms in total. The Kier molecular flexibility index (Phi) is 9.62. The highest BCUT2D eigenvalue weighted by Gasteiger charge is 2.40. The minimum absolute atomic E-state index is 0.0176. The summed E-state index contributed by atoms with van der Waals surface area (Å²) in [6.07, 6.45) is 1.63. The smallest absolute Gasteiger partial charge is 0.251 e. The molecule has 2 fully saturated rings. The maximum Gasteiger partial charge on any atom is 0.251 e. The average molecular weight is 545 g/mol. The molecule has 3 aromatic carbocycles. The van der Waals surface area contributed by atoms with Crippen LogP contribution in [0, 0.1) is 5.92 Å². The number of aliphatic hydroxyl groups excluding tert-OH is 1. The van der Waals surface area contributed by atoms with E-state index in [2.05, 4.69) is 17.1 Å². The first kappa shape index (κ1) is 28.5. The number of aliphatic hydroxyl groups is 1. The van der Waals surface area contributed by atoms with Gasteiger partial charge in [0.25, 0.3) is 5.91 Å². The number of hydrogen-bond acceptors (Lipinski definition) is 6. The molecule has 5 atom stereocenters. The summed E-state index contributed by atoms with van der Waals surface area (Å²) in [5.74, 6) is 0.0386. The number of benzene rings is 3. The van der Waals surface area contributed by atoms with Gasteiger partial charge in [-0.15, -0.1) is 0 Å². The summed E-state index contributed by atoms with van der Waals surface area (Å²) in [5.41, 5.74) is 4.56. The average Bonchev–Trinajstić information content (AvgIpc) is 3.44. The van der Waals surface area contributed by atoms with Crippen molar-refractivity contribution in [2.24, 2.45) is 5.92 Å². The van der Waals surface area contributed by atoms with E-state index in [1.54, 1.807) is 19.2 Å². The lowest BCUT2D eigenvalue weighted by Crippen LogP contribution is -2.46. The lowest BCUT2D eigenvalue weighted by molar-refractivity contribution is -0.276. The molecule has 3 aromatic rings. The molecule has 2 aliphatic heterocycles. The standard InChI is InChI=1S/C33H40N2O5/c1-23-30(20-35-18-6-9-29(35)22-38-2)39-33(40-31(23)26-14-12-25(21-36)13-15-26)28-16-10-24(11-17-28)19-34-32(37)27-7-4-3-5-8-27/h3-5,7-8,10-17,23,29-31,33,36H,6,9,18-22H2,1-2H3,(H,34,37). The molecule has 1 amide bonds. The third-order valence-corrected chi connectivity index (χ3v) is 8.14. The van der Waals surface area contributed by atoms with Gasteiger partial charge in [0.1, 0.15) is 0 Å². The number of amides is 1. The van der Waals surface area contributed by atoms with Gasteiger partial charge >= 0.3 is 0 Å². The minimum Gasteiger partial charge on any atom is -0.392 e. The highest BCUT2D eigenvalue weighted by atomic mass is 16.7. The van der Waals surface area contributed by atoms with Crippen LogP contribution in [-0.4, -0.2) is 54.9 Å². The molecule has 2 N–H and O–H groups in total. The molecular weight excluding hydrogens is 504 g/mol. The normalized spacial score (nSPS) is 25.1. The lowest BCUT2D eigenvalue weighted by Gasteiger charge is -2.43. The van der Waals surface area contributed by atoms with Crippen LogP contribution in [0.1, 0.15) is 64.8 Å². The van der Waals surface area contributed by atoms with E-state index in [-0.39, 0.29) is 30.6 Å². The van der Waals surface area contributed by atoms with Gasteiger partial charge in [0.15, 0.2) is 6.29 Å². The van der Waals surface area contributed by atoms with Crippen LogP contribution in [0.4, 0.5) is 0 Å². The molecule has 2 aliphatic rings. The summed E-state index contributed by atoms with van der Waals surface area (Å²) in [4.78, 5) is 14.9. The molecule has 0 aromatic heterocycles. The van der Waals surface area contributed by atoms with E-state index in [9.17, 15) is 9.90 Å². The Morgan fingerprint density at radius 2 is 1.68 bits per heavy atom. The zero-order valence-electron chi connectivity index (χ0n) is 23.4. The zero-order valence-corrected chi connectivity index (χ0v) is 23.4. The molecule has 7 heteroatoms. The second-order valence-corrected chi connectivity index (χ2v) is 10.9. The van der Waals surface area contributed by atoms with Crippen LogP contribution in [0.5, 0.6) is 0 Å². The number of likely N-dealkylation sites (tertiary alicyclic amines) is 1. The van der Waals surface area contributed by atoms with Crippen molar-refractivity contribution in [3.63, 3.8) is 0 Å². The molecule has 2 heterocycles. The number of nitrogens with zero attached hydrogens (tertiary/aromatic N) is 1. The van der Waals surface area contributed by atoms with Crippen molar-refractivity contribution in [2.45, 2.75) is 57.5 Å². The van der Waals surface area contributed by atoms with Gasteiger partial charge in [-0.05, 0) is 48.2 Å². The summed E-state index contributed by atoms with van der Waals surface area (Å²) in [6, 6.07) is 25.7. The quantitative estimate of drug-likeness (QED) is 0.374. The molecular formula is C33H40N2O5. The Balaban J connectivity index is 1.31. The van der Waals surface area contributed by atoms with Crippen molar-refractivity contribution in [1.29, 1.82) is 0 Å². The second kappa shape index (κ2) is 13.5. The summed E-state index contributed by atoms with van der Waals surface area (Å²) in [6.45, 7) is 5.26. The fraction of sp³-hybridized carbons (Fsp3) is 0.424. The maximum atomic E-state index is 12.4. The zero-order chi connectivity index (χ0) is 27.9. The number of hydrogen-bond donors (Lipinski definition) is 2. The predicted octanol–water partition coefficient (Wildman–Crippen LogP) is 5.01. The molecule has 5 unspecified atom stereocenters. The Bertz CT molecular complexity index is 1220. The van der Waals surface area contributed by atoms with Crippen LogP contribution in [0.25, 0.3) is 0 Å². The number of carbonyl (C=O) groups excluding carboxylic acids is 1. The largest absolute Gasteiger partial charge is 0.392 e. The van der Waals surface area contributed by atoms with E-state index < -0.39 is 6.29 Å². The van der Waals surface area contributed by atoms with E-state index in [1.165, 1.54) is 6.42 Å². The lowest BCUT2D eigenvalue weighted by atomic mass is 9.90. The fourth-order valence-corrected chi connectivity index (χ4v) is 5.74. The molecule has 40 heavy (non-hydrogen) atoms. The van der Waals surface area contributed by atoms with E-state index in [1.807, 2.05) is 66.7 Å². The van der Waals surface area contributed by atoms with Crippen molar-refractivity contribution in [3.8, 4) is 0 Å². The van der Waals surface area contributed by atoms with Crippen molar-refractivity contribution in [2.75, 3.05) is 26.8 Å². The van der Waals surface area contributed by atoms with Crippen molar-refractivity contribution < 1.29 is 24.1 Å². The van der Waals surface area contributed by atoms with Crippen LogP contribution in [0.15, 0.2) is 78.9 Å². The molecule has 0 saturated carbocycles. The first-order chi connectivity index (χ1) is 19.6.